The summed E-state index contributed by atoms with van der Waals surface area (Å²) in [6.45, 7) is 4.49. The summed E-state index contributed by atoms with van der Waals surface area (Å²) in [5, 5.41) is 8.06. The second-order valence-corrected chi connectivity index (χ2v) is 10.4. The SMILES string of the molecule is O=C1c2ccc(-c3cc(CN4CCCC4)c4cnn(C5COC5)c4n3)cc2CN1N1C(=O)CCCC1=O. The van der Waals surface area contributed by atoms with Gasteiger partial charge in [0.05, 0.1) is 31.6 Å². The van der Waals surface area contributed by atoms with Gasteiger partial charge in [-0.1, -0.05) is 6.07 Å². The number of amides is 3. The predicted octanol–water partition coefficient (Wildman–Crippen LogP) is 2.68. The third-order valence-corrected chi connectivity index (χ3v) is 7.89. The number of imide groups is 1. The van der Waals surface area contributed by atoms with Crippen LogP contribution in [0.25, 0.3) is 22.3 Å². The van der Waals surface area contributed by atoms with E-state index in [4.69, 9.17) is 9.72 Å². The minimum atomic E-state index is -0.315. The average Bonchev–Trinajstić information content (AvgIpc) is 3.59. The average molecular weight is 501 g/mol. The fourth-order valence-corrected chi connectivity index (χ4v) is 5.81. The summed E-state index contributed by atoms with van der Waals surface area (Å²) in [6, 6.07) is 7.98. The molecular weight excluding hydrogens is 472 g/mol. The molecule has 4 aliphatic heterocycles. The standard InChI is InChI=1S/C27H28N6O4/c34-24-4-3-5-25(35)33(24)31-14-18-10-17(6-7-21(18)27(31)36)23-11-19(13-30-8-1-2-9-30)22-12-28-32(26(22)29-23)20-15-37-16-20/h6-7,10-12,20H,1-5,8-9,13-16H2. The van der Waals surface area contributed by atoms with Crippen molar-refractivity contribution in [2.45, 2.75) is 51.2 Å². The summed E-state index contributed by atoms with van der Waals surface area (Å²) < 4.78 is 7.38. The van der Waals surface area contributed by atoms with Gasteiger partial charge in [0.25, 0.3) is 5.91 Å². The van der Waals surface area contributed by atoms with Crippen LogP contribution < -0.4 is 0 Å². The Labute approximate surface area is 213 Å². The van der Waals surface area contributed by atoms with E-state index in [9.17, 15) is 14.4 Å². The summed E-state index contributed by atoms with van der Waals surface area (Å²) in [4.78, 5) is 45.5. The first kappa shape index (κ1) is 22.6. The van der Waals surface area contributed by atoms with Crippen LogP contribution in [0.15, 0.2) is 30.5 Å². The van der Waals surface area contributed by atoms with Crippen molar-refractivity contribution < 1.29 is 19.1 Å². The lowest BCUT2D eigenvalue weighted by atomic mass is 10.0. The Morgan fingerprint density at radius 2 is 1.76 bits per heavy atom. The Morgan fingerprint density at radius 3 is 2.49 bits per heavy atom. The van der Waals surface area contributed by atoms with E-state index in [2.05, 4.69) is 16.1 Å². The topological polar surface area (TPSA) is 101 Å². The molecule has 0 atom stereocenters. The molecular formula is C27H28N6O4. The molecule has 0 radical (unpaired) electrons. The van der Waals surface area contributed by atoms with Gasteiger partial charge < -0.3 is 4.74 Å². The number of carbonyl (C=O) groups is 3. The fourth-order valence-electron chi connectivity index (χ4n) is 5.81. The largest absolute Gasteiger partial charge is 0.377 e. The van der Waals surface area contributed by atoms with Gasteiger partial charge in [0.2, 0.25) is 11.8 Å². The number of likely N-dealkylation sites (tertiary alicyclic amines) is 1. The zero-order valence-electron chi connectivity index (χ0n) is 20.6. The molecule has 6 heterocycles. The summed E-state index contributed by atoms with van der Waals surface area (Å²) in [5.74, 6) is -0.944. The molecule has 0 unspecified atom stereocenters. The smallest absolute Gasteiger partial charge is 0.273 e. The van der Waals surface area contributed by atoms with E-state index < -0.39 is 0 Å². The second-order valence-electron chi connectivity index (χ2n) is 10.4. The Hall–Kier alpha value is -3.63. The van der Waals surface area contributed by atoms with Crippen molar-refractivity contribution in [3.8, 4) is 11.3 Å². The van der Waals surface area contributed by atoms with Gasteiger partial charge in [-0.15, -0.1) is 0 Å². The molecule has 0 spiro atoms. The van der Waals surface area contributed by atoms with Gasteiger partial charge >= 0.3 is 0 Å². The Morgan fingerprint density at radius 1 is 0.973 bits per heavy atom. The minimum Gasteiger partial charge on any atom is -0.377 e. The van der Waals surface area contributed by atoms with Crippen LogP contribution in [0.5, 0.6) is 0 Å². The number of aromatic nitrogens is 3. The van der Waals surface area contributed by atoms with E-state index in [1.54, 1.807) is 6.07 Å². The molecule has 0 aliphatic carbocycles. The van der Waals surface area contributed by atoms with Gasteiger partial charge in [-0.05, 0) is 61.7 Å². The molecule has 1 aromatic carbocycles. The second kappa shape index (κ2) is 8.74. The van der Waals surface area contributed by atoms with Crippen molar-refractivity contribution >= 4 is 28.8 Å². The molecule has 37 heavy (non-hydrogen) atoms. The van der Waals surface area contributed by atoms with Crippen LogP contribution >= 0.6 is 0 Å². The van der Waals surface area contributed by atoms with Gasteiger partial charge in [0.15, 0.2) is 5.65 Å². The lowest BCUT2D eigenvalue weighted by molar-refractivity contribution is -0.163. The molecule has 3 fully saturated rings. The molecule has 3 saturated heterocycles. The lowest BCUT2D eigenvalue weighted by Gasteiger charge is -2.32. The molecule has 0 bridgehead atoms. The number of nitrogens with zero attached hydrogens (tertiary/aromatic N) is 6. The summed E-state index contributed by atoms with van der Waals surface area (Å²) in [6.07, 6.45) is 5.45. The number of pyridine rings is 1. The quantitative estimate of drug-likeness (QED) is 0.497. The van der Waals surface area contributed by atoms with Crippen molar-refractivity contribution in [2.24, 2.45) is 0 Å². The first-order valence-electron chi connectivity index (χ1n) is 13.0. The molecule has 2 aromatic heterocycles. The Bertz CT molecular complexity index is 1420. The zero-order valence-corrected chi connectivity index (χ0v) is 20.6. The molecule has 10 nitrogen and oxygen atoms in total. The van der Waals surface area contributed by atoms with E-state index in [1.165, 1.54) is 23.4 Å². The van der Waals surface area contributed by atoms with Crippen LogP contribution in [0, 0.1) is 0 Å². The fraction of sp³-hybridized carbons (Fsp3) is 0.444. The van der Waals surface area contributed by atoms with Crippen molar-refractivity contribution in [1.29, 1.82) is 0 Å². The normalized spacial score (nSPS) is 20.8. The maximum absolute atomic E-state index is 13.1. The molecule has 7 rings (SSSR count). The number of piperidine rings is 1. The maximum Gasteiger partial charge on any atom is 0.273 e. The monoisotopic (exact) mass is 500 g/mol. The highest BCUT2D eigenvalue weighted by atomic mass is 16.5. The number of carbonyl (C=O) groups excluding carboxylic acids is 3. The van der Waals surface area contributed by atoms with Crippen LogP contribution in [0.2, 0.25) is 0 Å². The summed E-state index contributed by atoms with van der Waals surface area (Å²) in [5.41, 5.74) is 5.07. The minimum absolute atomic E-state index is 0.186. The Balaban J connectivity index is 1.26. The van der Waals surface area contributed by atoms with Crippen molar-refractivity contribution in [2.75, 3.05) is 26.3 Å². The van der Waals surface area contributed by atoms with Gasteiger partial charge in [0, 0.05) is 35.9 Å². The molecule has 190 valence electrons. The first-order valence-corrected chi connectivity index (χ1v) is 13.0. The number of fused-ring (bicyclic) bond motifs is 2. The van der Waals surface area contributed by atoms with Gasteiger partial charge in [-0.3, -0.25) is 19.3 Å². The van der Waals surface area contributed by atoms with Gasteiger partial charge in [-0.25, -0.2) is 14.7 Å². The van der Waals surface area contributed by atoms with E-state index >= 15 is 0 Å². The third kappa shape index (κ3) is 3.74. The zero-order chi connectivity index (χ0) is 25.1. The van der Waals surface area contributed by atoms with Crippen LogP contribution in [-0.2, 0) is 27.4 Å². The Kier molecular flexibility index (Phi) is 5.33. The maximum atomic E-state index is 13.1. The molecule has 4 aliphatic rings. The number of hydrogen-bond donors (Lipinski definition) is 0. The van der Waals surface area contributed by atoms with E-state index in [0.29, 0.717) is 25.2 Å². The highest BCUT2D eigenvalue weighted by Crippen LogP contribution is 2.33. The third-order valence-electron chi connectivity index (χ3n) is 7.89. The predicted molar refractivity (Wildman–Crippen MR) is 133 cm³/mol. The lowest BCUT2D eigenvalue weighted by Crippen LogP contribution is -2.51. The van der Waals surface area contributed by atoms with Crippen LogP contribution in [-0.4, -0.2) is 73.7 Å². The van der Waals surface area contributed by atoms with E-state index in [0.717, 1.165) is 52.5 Å². The number of benzene rings is 1. The number of hydrazine groups is 1. The molecule has 0 saturated carbocycles. The highest BCUT2D eigenvalue weighted by molar-refractivity contribution is 6.04. The summed E-state index contributed by atoms with van der Waals surface area (Å²) >= 11 is 0. The molecule has 0 N–H and O–H groups in total. The molecule has 10 heteroatoms. The first-order chi connectivity index (χ1) is 18.1. The van der Waals surface area contributed by atoms with Gasteiger partial charge in [0.1, 0.15) is 6.04 Å². The van der Waals surface area contributed by atoms with Crippen molar-refractivity contribution in [1.82, 2.24) is 29.7 Å². The van der Waals surface area contributed by atoms with Crippen LogP contribution in [0.4, 0.5) is 0 Å². The van der Waals surface area contributed by atoms with Crippen molar-refractivity contribution in [3.63, 3.8) is 0 Å². The number of rotatable bonds is 5. The molecule has 3 aromatic rings. The van der Waals surface area contributed by atoms with Crippen molar-refractivity contribution in [3.05, 3.63) is 47.2 Å². The van der Waals surface area contributed by atoms with Crippen LogP contribution in [0.1, 0.15) is 59.6 Å². The van der Waals surface area contributed by atoms with Crippen LogP contribution in [0.3, 0.4) is 0 Å². The van der Waals surface area contributed by atoms with Gasteiger partial charge in [-0.2, -0.15) is 10.1 Å². The number of ether oxygens (including phenoxy) is 1. The molecule has 3 amide bonds. The highest BCUT2D eigenvalue weighted by Gasteiger charge is 2.39. The van der Waals surface area contributed by atoms with E-state index in [-0.39, 0.29) is 43.1 Å². The summed E-state index contributed by atoms with van der Waals surface area (Å²) in [7, 11) is 0. The van der Waals surface area contributed by atoms with E-state index in [1.807, 2.05) is 23.0 Å². The number of hydrogen-bond acceptors (Lipinski definition) is 7.